The van der Waals surface area contributed by atoms with E-state index in [0.29, 0.717) is 33.3 Å². The van der Waals surface area contributed by atoms with Crippen LogP contribution in [0.5, 0.6) is 11.5 Å². The summed E-state index contributed by atoms with van der Waals surface area (Å²) in [6.45, 7) is 0.346. The Morgan fingerprint density at radius 1 is 1.16 bits per heavy atom. The highest BCUT2D eigenvalue weighted by Gasteiger charge is 2.07. The van der Waals surface area contributed by atoms with E-state index in [2.05, 4.69) is 15.8 Å². The van der Waals surface area contributed by atoms with E-state index in [0.717, 1.165) is 11.1 Å². The third-order valence-corrected chi connectivity index (χ3v) is 4.21. The van der Waals surface area contributed by atoms with Crippen LogP contribution in [0.3, 0.4) is 0 Å². The first-order valence-electron chi connectivity index (χ1n) is 7.29. The summed E-state index contributed by atoms with van der Waals surface area (Å²) in [6, 6.07) is 10.9. The van der Waals surface area contributed by atoms with E-state index < -0.39 is 0 Å². The van der Waals surface area contributed by atoms with Crippen molar-refractivity contribution in [1.29, 1.82) is 0 Å². The normalized spacial score (nSPS) is 10.6. The van der Waals surface area contributed by atoms with Crippen molar-refractivity contribution < 1.29 is 9.47 Å². The Bertz CT molecular complexity index is 784. The number of nitrogens with zero attached hydrogens (tertiary/aromatic N) is 1. The first kappa shape index (κ1) is 19.3. The number of hydrazone groups is 1. The van der Waals surface area contributed by atoms with E-state index in [9.17, 15) is 0 Å². The van der Waals surface area contributed by atoms with Crippen LogP contribution in [0.2, 0.25) is 10.0 Å². The number of hydrogen-bond donors (Lipinski definition) is 2. The maximum Gasteiger partial charge on any atom is 0.186 e. The van der Waals surface area contributed by atoms with Crippen molar-refractivity contribution in [2.75, 3.05) is 14.2 Å². The molecular weight excluding hydrogens is 381 g/mol. The number of methoxy groups -OCH3 is 1. The largest absolute Gasteiger partial charge is 0.493 e. The molecule has 0 aliphatic rings. The van der Waals surface area contributed by atoms with Crippen LogP contribution in [0.1, 0.15) is 11.1 Å². The molecule has 0 fully saturated rings. The number of thiocarbonyl (C=S) groups is 1. The summed E-state index contributed by atoms with van der Waals surface area (Å²) in [7, 11) is 3.30. The predicted molar refractivity (Wildman–Crippen MR) is 106 cm³/mol. The van der Waals surface area contributed by atoms with Gasteiger partial charge in [0, 0.05) is 7.05 Å². The smallest absolute Gasteiger partial charge is 0.186 e. The lowest BCUT2D eigenvalue weighted by Gasteiger charge is -2.12. The van der Waals surface area contributed by atoms with E-state index >= 15 is 0 Å². The minimum Gasteiger partial charge on any atom is -0.493 e. The molecule has 0 saturated heterocycles. The zero-order valence-corrected chi connectivity index (χ0v) is 16.0. The Morgan fingerprint density at radius 2 is 1.96 bits per heavy atom. The SMILES string of the molecule is CNC(=S)N/N=C\c1ccc(OCc2ccc(Cl)c(Cl)c2)c(OC)c1. The molecule has 0 aliphatic carbocycles. The van der Waals surface area contributed by atoms with Crippen molar-refractivity contribution in [3.05, 3.63) is 57.6 Å². The molecule has 0 radical (unpaired) electrons. The molecule has 2 rings (SSSR count). The Kier molecular flexibility index (Phi) is 7.31. The summed E-state index contributed by atoms with van der Waals surface area (Å²) >= 11 is 16.9. The quantitative estimate of drug-likeness (QED) is 0.438. The molecule has 2 aromatic carbocycles. The third-order valence-electron chi connectivity index (χ3n) is 3.17. The molecular formula is C17H17Cl2N3O2S. The second kappa shape index (κ2) is 9.46. The fourth-order valence-corrected chi connectivity index (χ4v) is 2.27. The van der Waals surface area contributed by atoms with Gasteiger partial charge in [-0.25, -0.2) is 0 Å². The fourth-order valence-electron chi connectivity index (χ4n) is 1.90. The Labute approximate surface area is 161 Å². The summed E-state index contributed by atoms with van der Waals surface area (Å²) in [5.41, 5.74) is 4.43. The van der Waals surface area contributed by atoms with Gasteiger partial charge in [0.15, 0.2) is 16.6 Å². The summed E-state index contributed by atoms with van der Waals surface area (Å²) in [6.07, 6.45) is 1.63. The molecule has 2 N–H and O–H groups in total. The molecule has 2 aromatic rings. The molecule has 0 unspecified atom stereocenters. The molecule has 0 saturated carbocycles. The lowest BCUT2D eigenvalue weighted by Crippen LogP contribution is -2.28. The van der Waals surface area contributed by atoms with Gasteiger partial charge in [-0.3, -0.25) is 5.43 Å². The van der Waals surface area contributed by atoms with Crippen LogP contribution in [0, 0.1) is 0 Å². The van der Waals surface area contributed by atoms with Crippen molar-refractivity contribution in [2.45, 2.75) is 6.61 Å². The summed E-state index contributed by atoms with van der Waals surface area (Å²) in [5.74, 6) is 1.21. The third kappa shape index (κ3) is 5.77. The molecule has 132 valence electrons. The van der Waals surface area contributed by atoms with Gasteiger partial charge in [0.25, 0.3) is 0 Å². The van der Waals surface area contributed by atoms with Crippen molar-refractivity contribution >= 4 is 46.7 Å². The van der Waals surface area contributed by atoms with Crippen LogP contribution in [0.15, 0.2) is 41.5 Å². The first-order valence-corrected chi connectivity index (χ1v) is 8.45. The molecule has 0 atom stereocenters. The van der Waals surface area contributed by atoms with Crippen LogP contribution < -0.4 is 20.2 Å². The van der Waals surface area contributed by atoms with Gasteiger partial charge in [-0.05, 0) is 53.7 Å². The molecule has 25 heavy (non-hydrogen) atoms. The highest BCUT2D eigenvalue weighted by atomic mass is 35.5. The van der Waals surface area contributed by atoms with Crippen LogP contribution in [-0.2, 0) is 6.61 Å². The molecule has 8 heteroatoms. The van der Waals surface area contributed by atoms with Gasteiger partial charge in [-0.1, -0.05) is 29.3 Å². The number of ether oxygens (including phenoxy) is 2. The Morgan fingerprint density at radius 3 is 2.64 bits per heavy atom. The van der Waals surface area contributed by atoms with Gasteiger partial charge in [0.05, 0.1) is 23.4 Å². The highest BCUT2D eigenvalue weighted by molar-refractivity contribution is 7.80. The van der Waals surface area contributed by atoms with Gasteiger partial charge in [-0.15, -0.1) is 0 Å². The molecule has 0 amide bonds. The maximum atomic E-state index is 6.01. The minimum absolute atomic E-state index is 0.346. The second-order valence-corrected chi connectivity index (χ2v) is 6.12. The van der Waals surface area contributed by atoms with Crippen LogP contribution in [0.4, 0.5) is 0 Å². The summed E-state index contributed by atoms with van der Waals surface area (Å²) in [4.78, 5) is 0. The van der Waals surface area contributed by atoms with E-state index in [4.69, 9.17) is 44.9 Å². The molecule has 0 heterocycles. The van der Waals surface area contributed by atoms with Gasteiger partial charge in [0.2, 0.25) is 0 Å². The topological polar surface area (TPSA) is 54.9 Å². The Hall–Kier alpha value is -2.02. The van der Waals surface area contributed by atoms with Crippen LogP contribution in [0.25, 0.3) is 0 Å². The van der Waals surface area contributed by atoms with E-state index in [1.165, 1.54) is 0 Å². The number of halogens is 2. The average Bonchev–Trinajstić information content (AvgIpc) is 2.62. The van der Waals surface area contributed by atoms with E-state index in [1.807, 2.05) is 24.3 Å². The van der Waals surface area contributed by atoms with Crippen molar-refractivity contribution in [2.24, 2.45) is 5.10 Å². The monoisotopic (exact) mass is 397 g/mol. The average molecular weight is 398 g/mol. The zero-order valence-electron chi connectivity index (χ0n) is 13.7. The number of nitrogens with one attached hydrogen (secondary N) is 2. The molecule has 0 aromatic heterocycles. The van der Waals surface area contributed by atoms with Crippen molar-refractivity contribution in [1.82, 2.24) is 10.7 Å². The maximum absolute atomic E-state index is 6.01. The number of benzene rings is 2. The van der Waals surface area contributed by atoms with Gasteiger partial charge in [-0.2, -0.15) is 5.10 Å². The minimum atomic E-state index is 0.346. The molecule has 0 aliphatic heterocycles. The van der Waals surface area contributed by atoms with E-state index in [1.54, 1.807) is 32.5 Å². The highest BCUT2D eigenvalue weighted by Crippen LogP contribution is 2.29. The molecule has 5 nitrogen and oxygen atoms in total. The van der Waals surface area contributed by atoms with Gasteiger partial charge < -0.3 is 14.8 Å². The zero-order chi connectivity index (χ0) is 18.2. The predicted octanol–water partition coefficient (Wildman–Crippen LogP) is 4.01. The lowest BCUT2D eigenvalue weighted by atomic mass is 10.2. The van der Waals surface area contributed by atoms with Crippen LogP contribution >= 0.6 is 35.4 Å². The first-order chi connectivity index (χ1) is 12.0. The summed E-state index contributed by atoms with van der Waals surface area (Å²) in [5, 5.41) is 8.23. The van der Waals surface area contributed by atoms with Crippen LogP contribution in [-0.4, -0.2) is 25.5 Å². The molecule has 0 bridgehead atoms. The number of rotatable bonds is 6. The van der Waals surface area contributed by atoms with Gasteiger partial charge in [0.1, 0.15) is 6.61 Å². The van der Waals surface area contributed by atoms with Gasteiger partial charge >= 0.3 is 0 Å². The summed E-state index contributed by atoms with van der Waals surface area (Å²) < 4.78 is 11.2. The molecule has 0 spiro atoms. The van der Waals surface area contributed by atoms with E-state index in [-0.39, 0.29) is 0 Å². The van der Waals surface area contributed by atoms with Crippen molar-refractivity contribution in [3.63, 3.8) is 0 Å². The van der Waals surface area contributed by atoms with Crippen molar-refractivity contribution in [3.8, 4) is 11.5 Å². The number of hydrogen-bond acceptors (Lipinski definition) is 4. The fraction of sp³-hybridized carbons (Fsp3) is 0.176. The Balaban J connectivity index is 2.05. The lowest BCUT2D eigenvalue weighted by molar-refractivity contribution is 0.284. The second-order valence-electron chi connectivity index (χ2n) is 4.90. The standard InChI is InChI=1S/C17H17Cl2N3O2S/c1-20-17(25)22-21-9-11-4-6-15(16(8-11)23-2)24-10-12-3-5-13(18)14(19)7-12/h3-9H,10H2,1-2H3,(H2,20,22,25)/b21-9-.